The van der Waals surface area contributed by atoms with Crippen molar-refractivity contribution in [2.24, 2.45) is 0 Å². The molecule has 6 nitrogen and oxygen atoms in total. The Hall–Kier alpha value is -3.15. The fraction of sp³-hybridized carbons (Fsp3) is 0.348. The zero-order chi connectivity index (χ0) is 20.9. The summed E-state index contributed by atoms with van der Waals surface area (Å²) in [6, 6.07) is 6.83. The lowest BCUT2D eigenvalue weighted by atomic mass is 9.92. The lowest BCUT2D eigenvalue weighted by molar-refractivity contribution is -0.0432. The molecule has 2 aromatic carbocycles. The Balaban J connectivity index is 1.66. The van der Waals surface area contributed by atoms with Gasteiger partial charge in [-0.25, -0.2) is 0 Å². The average Bonchev–Trinajstić information content (AvgIpc) is 2.93. The van der Waals surface area contributed by atoms with E-state index in [-0.39, 0.29) is 35.0 Å². The third-order valence-corrected chi connectivity index (χ3v) is 5.03. The quantitative estimate of drug-likeness (QED) is 0.724. The van der Waals surface area contributed by atoms with Gasteiger partial charge in [-0.05, 0) is 38.0 Å². The number of ketones is 1. The number of carbonyl (C=O) groups is 1. The molecule has 1 atom stereocenters. The Bertz CT molecular complexity index is 1030. The van der Waals surface area contributed by atoms with Crippen LogP contribution in [-0.2, 0) is 6.42 Å². The van der Waals surface area contributed by atoms with E-state index in [1.165, 1.54) is 6.07 Å². The van der Waals surface area contributed by atoms with Crippen LogP contribution in [0.2, 0.25) is 0 Å². The maximum Gasteiger partial charge on any atom is 0.246 e. The van der Waals surface area contributed by atoms with E-state index >= 15 is 0 Å². The summed E-state index contributed by atoms with van der Waals surface area (Å²) in [5.74, 6) is 0.131. The SMILES string of the molecule is CC(C)=CCc1c(O)cc2c(c1O)C(=O)C[C@@H](c1ccc3c(c1)OC(C)(C)O3)O2. The number of rotatable bonds is 3. The molecule has 0 amide bonds. The van der Waals surface area contributed by atoms with Crippen LogP contribution in [0.3, 0.4) is 0 Å². The highest BCUT2D eigenvalue weighted by Gasteiger charge is 2.35. The van der Waals surface area contributed by atoms with Crippen LogP contribution in [0.15, 0.2) is 35.9 Å². The summed E-state index contributed by atoms with van der Waals surface area (Å²) in [6.07, 6.45) is 1.75. The van der Waals surface area contributed by atoms with Crippen LogP contribution in [0, 0.1) is 0 Å². The average molecular weight is 396 g/mol. The first-order valence-electron chi connectivity index (χ1n) is 9.57. The summed E-state index contributed by atoms with van der Waals surface area (Å²) in [4.78, 5) is 12.8. The standard InChI is InChI=1S/C23H24O6/c1-12(2)5-7-14-15(24)10-20-21(22(14)26)16(25)11-18(27-20)13-6-8-17-19(9-13)29-23(3,4)28-17/h5-6,8-10,18,24,26H,7,11H2,1-4H3/t18-/m0/s1. The third-order valence-electron chi connectivity index (χ3n) is 5.03. The molecular weight excluding hydrogens is 372 g/mol. The van der Waals surface area contributed by atoms with Crippen molar-refractivity contribution in [1.82, 2.24) is 0 Å². The van der Waals surface area contributed by atoms with Crippen molar-refractivity contribution < 1.29 is 29.2 Å². The van der Waals surface area contributed by atoms with Gasteiger partial charge >= 0.3 is 0 Å². The number of ether oxygens (including phenoxy) is 3. The van der Waals surface area contributed by atoms with Crippen molar-refractivity contribution in [2.45, 2.75) is 52.4 Å². The number of carbonyl (C=O) groups excluding carboxylic acids is 1. The maximum atomic E-state index is 12.8. The Morgan fingerprint density at radius 3 is 2.59 bits per heavy atom. The second-order valence-corrected chi connectivity index (χ2v) is 8.13. The highest BCUT2D eigenvalue weighted by molar-refractivity contribution is 6.03. The molecule has 2 aliphatic rings. The van der Waals surface area contributed by atoms with Crippen molar-refractivity contribution in [2.75, 3.05) is 0 Å². The summed E-state index contributed by atoms with van der Waals surface area (Å²) < 4.78 is 17.5. The number of Topliss-reactive ketones (excluding diaryl/α,β-unsaturated/α-hetero) is 1. The molecule has 152 valence electrons. The topological polar surface area (TPSA) is 85.2 Å². The first kappa shape index (κ1) is 19.2. The number of phenolic OH excluding ortho intramolecular Hbond substituents is 2. The van der Waals surface area contributed by atoms with Crippen LogP contribution in [-0.4, -0.2) is 21.8 Å². The van der Waals surface area contributed by atoms with Gasteiger partial charge in [0.2, 0.25) is 5.79 Å². The van der Waals surface area contributed by atoms with Crippen LogP contribution in [0.5, 0.6) is 28.7 Å². The van der Waals surface area contributed by atoms with Crippen molar-refractivity contribution in [1.29, 1.82) is 0 Å². The number of phenols is 2. The number of fused-ring (bicyclic) bond motifs is 2. The van der Waals surface area contributed by atoms with Crippen LogP contribution in [0.1, 0.15) is 61.7 Å². The van der Waals surface area contributed by atoms with Gasteiger partial charge in [0.1, 0.15) is 28.9 Å². The van der Waals surface area contributed by atoms with Gasteiger partial charge in [0.05, 0.1) is 6.42 Å². The van der Waals surface area contributed by atoms with Crippen LogP contribution >= 0.6 is 0 Å². The fourth-order valence-corrected chi connectivity index (χ4v) is 3.63. The Labute approximate surface area is 169 Å². The zero-order valence-corrected chi connectivity index (χ0v) is 16.9. The van der Waals surface area contributed by atoms with Gasteiger partial charge in [-0.2, -0.15) is 0 Å². The summed E-state index contributed by atoms with van der Waals surface area (Å²) in [7, 11) is 0. The Morgan fingerprint density at radius 2 is 1.86 bits per heavy atom. The Morgan fingerprint density at radius 1 is 1.14 bits per heavy atom. The molecular formula is C23H24O6. The van der Waals surface area contributed by atoms with Crippen LogP contribution in [0.4, 0.5) is 0 Å². The normalized spacial score (nSPS) is 18.8. The predicted molar refractivity (Wildman–Crippen MR) is 107 cm³/mol. The maximum absolute atomic E-state index is 12.8. The number of benzene rings is 2. The van der Waals surface area contributed by atoms with Gasteiger partial charge < -0.3 is 24.4 Å². The smallest absolute Gasteiger partial charge is 0.246 e. The minimum atomic E-state index is -0.740. The molecule has 4 rings (SSSR count). The molecule has 0 aromatic heterocycles. The van der Waals surface area contributed by atoms with E-state index in [0.717, 1.165) is 11.1 Å². The number of hydrogen-bond donors (Lipinski definition) is 2. The zero-order valence-electron chi connectivity index (χ0n) is 16.9. The molecule has 0 unspecified atom stereocenters. The molecule has 29 heavy (non-hydrogen) atoms. The summed E-state index contributed by atoms with van der Waals surface area (Å²) in [6.45, 7) is 7.50. The van der Waals surface area contributed by atoms with Gasteiger partial charge in [-0.1, -0.05) is 17.7 Å². The molecule has 0 aliphatic carbocycles. The molecule has 2 aliphatic heterocycles. The first-order chi connectivity index (χ1) is 13.6. The number of aromatic hydroxyl groups is 2. The summed E-state index contributed by atoms with van der Waals surface area (Å²) in [5, 5.41) is 21.0. The fourth-order valence-electron chi connectivity index (χ4n) is 3.63. The Kier molecular flexibility index (Phi) is 4.45. The van der Waals surface area contributed by atoms with Crippen molar-refractivity contribution >= 4 is 5.78 Å². The van der Waals surface area contributed by atoms with E-state index < -0.39 is 11.9 Å². The van der Waals surface area contributed by atoms with E-state index in [0.29, 0.717) is 23.5 Å². The minimum Gasteiger partial charge on any atom is -0.507 e. The predicted octanol–water partition coefficient (Wildman–Crippen LogP) is 4.82. The van der Waals surface area contributed by atoms with E-state index in [1.807, 2.05) is 39.8 Å². The molecule has 6 heteroatoms. The first-order valence-corrected chi connectivity index (χ1v) is 9.57. The van der Waals surface area contributed by atoms with Crippen molar-refractivity contribution in [3.8, 4) is 28.7 Å². The second kappa shape index (κ2) is 6.72. The van der Waals surface area contributed by atoms with Gasteiger partial charge in [0.25, 0.3) is 0 Å². The molecule has 0 spiro atoms. The van der Waals surface area contributed by atoms with Crippen LogP contribution < -0.4 is 14.2 Å². The van der Waals surface area contributed by atoms with E-state index in [2.05, 4.69) is 0 Å². The number of allylic oxidation sites excluding steroid dienone is 2. The monoisotopic (exact) mass is 396 g/mol. The molecule has 0 bridgehead atoms. The molecule has 0 saturated carbocycles. The molecule has 0 saturated heterocycles. The molecule has 2 heterocycles. The van der Waals surface area contributed by atoms with Crippen molar-refractivity contribution in [3.05, 3.63) is 52.6 Å². The van der Waals surface area contributed by atoms with Gasteiger partial charge in [-0.3, -0.25) is 4.79 Å². The lowest BCUT2D eigenvalue weighted by Gasteiger charge is -2.27. The molecule has 2 N–H and O–H groups in total. The highest BCUT2D eigenvalue weighted by Crippen LogP contribution is 2.46. The largest absolute Gasteiger partial charge is 0.507 e. The second-order valence-electron chi connectivity index (χ2n) is 8.13. The third kappa shape index (κ3) is 3.50. The van der Waals surface area contributed by atoms with E-state index in [9.17, 15) is 15.0 Å². The highest BCUT2D eigenvalue weighted by atomic mass is 16.7. The van der Waals surface area contributed by atoms with E-state index in [1.54, 1.807) is 12.1 Å². The van der Waals surface area contributed by atoms with Crippen LogP contribution in [0.25, 0.3) is 0 Å². The van der Waals surface area contributed by atoms with E-state index in [4.69, 9.17) is 14.2 Å². The molecule has 0 radical (unpaired) electrons. The van der Waals surface area contributed by atoms with Crippen molar-refractivity contribution in [3.63, 3.8) is 0 Å². The lowest BCUT2D eigenvalue weighted by Crippen LogP contribution is -2.29. The minimum absolute atomic E-state index is 0.0798. The van der Waals surface area contributed by atoms with Gasteiger partial charge in [0.15, 0.2) is 17.3 Å². The van der Waals surface area contributed by atoms with Gasteiger partial charge in [0, 0.05) is 25.5 Å². The summed E-state index contributed by atoms with van der Waals surface area (Å²) >= 11 is 0. The molecule has 2 aromatic rings. The van der Waals surface area contributed by atoms with Gasteiger partial charge in [-0.15, -0.1) is 0 Å². The summed E-state index contributed by atoms with van der Waals surface area (Å²) in [5.41, 5.74) is 2.26. The number of hydrogen-bond acceptors (Lipinski definition) is 6. The molecule has 0 fully saturated rings.